The number of carbonyl (C=O) groups is 2. The smallest absolute Gasteiger partial charge is 0.310 e. The summed E-state index contributed by atoms with van der Waals surface area (Å²) in [6.45, 7) is -0.255. The Balaban J connectivity index is 2.03. The largest absolute Gasteiger partial charge is 0.460 e. The van der Waals surface area contributed by atoms with Crippen molar-refractivity contribution < 1.29 is 18.7 Å². The summed E-state index contributed by atoms with van der Waals surface area (Å²) < 4.78 is 17.8. The minimum atomic E-state index is -0.649. The minimum absolute atomic E-state index is 0.00958. The van der Waals surface area contributed by atoms with Crippen LogP contribution in [0.25, 0.3) is 0 Å². The number of carbonyl (C=O) groups excluding carboxylic acids is 2. The van der Waals surface area contributed by atoms with Crippen molar-refractivity contribution in [1.29, 1.82) is 0 Å². The number of hydrogen-bond acceptors (Lipinski definition) is 3. The van der Waals surface area contributed by atoms with Crippen LogP contribution in [0, 0.1) is 17.7 Å². The fraction of sp³-hybridized carbons (Fsp3) is 0.294. The van der Waals surface area contributed by atoms with E-state index in [0.29, 0.717) is 18.5 Å². The Bertz CT molecular complexity index is 700. The molecule has 2 rings (SSSR count). The van der Waals surface area contributed by atoms with Crippen LogP contribution in [0.1, 0.15) is 12.8 Å². The molecule has 0 radical (unpaired) electrons. The first-order chi connectivity index (χ1) is 11.9. The quantitative estimate of drug-likeness (QED) is 0.566. The van der Waals surface area contributed by atoms with Crippen LogP contribution in [0.3, 0.4) is 0 Å². The average molecular weight is 407 g/mol. The normalized spacial score (nSPS) is 19.2. The van der Waals surface area contributed by atoms with Crippen molar-refractivity contribution >= 4 is 52.4 Å². The minimum Gasteiger partial charge on any atom is -0.460 e. The van der Waals surface area contributed by atoms with Crippen LogP contribution < -0.4 is 5.32 Å². The number of benzene rings is 1. The van der Waals surface area contributed by atoms with E-state index >= 15 is 0 Å². The van der Waals surface area contributed by atoms with E-state index in [2.05, 4.69) is 5.32 Å². The van der Waals surface area contributed by atoms with Gasteiger partial charge in [0.2, 0.25) is 5.91 Å². The van der Waals surface area contributed by atoms with Gasteiger partial charge in [-0.3, -0.25) is 9.59 Å². The number of hydrogen-bond donors (Lipinski definition) is 1. The molecule has 4 nitrogen and oxygen atoms in total. The van der Waals surface area contributed by atoms with Crippen molar-refractivity contribution in [2.75, 3.05) is 11.9 Å². The van der Waals surface area contributed by atoms with Crippen LogP contribution in [-0.4, -0.2) is 18.5 Å². The van der Waals surface area contributed by atoms with Gasteiger partial charge < -0.3 is 10.1 Å². The predicted molar refractivity (Wildman–Crippen MR) is 95.9 cm³/mol. The number of esters is 1. The third-order valence-electron chi connectivity index (χ3n) is 3.73. The maximum atomic E-state index is 12.9. The van der Waals surface area contributed by atoms with Gasteiger partial charge in [-0.2, -0.15) is 0 Å². The molecule has 1 aliphatic rings. The number of halogens is 4. The maximum Gasteiger partial charge on any atom is 0.310 e. The molecule has 0 spiro atoms. The summed E-state index contributed by atoms with van der Waals surface area (Å²) in [6.07, 6.45) is 4.42. The van der Waals surface area contributed by atoms with Crippen molar-refractivity contribution in [1.82, 2.24) is 0 Å². The zero-order valence-electron chi connectivity index (χ0n) is 13.0. The molecule has 0 fully saturated rings. The van der Waals surface area contributed by atoms with Crippen LogP contribution >= 0.6 is 34.8 Å². The van der Waals surface area contributed by atoms with Crippen molar-refractivity contribution in [3.63, 3.8) is 0 Å². The van der Waals surface area contributed by atoms with E-state index in [0.717, 1.165) is 0 Å². The first-order valence-electron chi connectivity index (χ1n) is 7.46. The monoisotopic (exact) mass is 405 g/mol. The number of nitrogens with one attached hydrogen (secondary N) is 1. The molecule has 134 valence electrons. The molecule has 0 unspecified atom stereocenters. The highest BCUT2D eigenvalue weighted by molar-refractivity contribution is 6.59. The van der Waals surface area contributed by atoms with Gasteiger partial charge in [-0.15, -0.1) is 0 Å². The van der Waals surface area contributed by atoms with E-state index in [1.807, 2.05) is 12.2 Å². The number of rotatable bonds is 5. The number of allylic oxidation sites excluding steroid dienone is 2. The van der Waals surface area contributed by atoms with Gasteiger partial charge in [0.05, 0.1) is 16.9 Å². The molecule has 8 heteroatoms. The standard InChI is InChI=1S/C17H15Cl3FNO3/c18-14(15(19)20)9-25-17(24)13-4-2-1-3-12(13)16(23)22-11-7-5-10(21)6-8-11/h1-2,5-8,12-13H,3-4,9H2,(H,22,23)/t12-,13-/m0/s1. The molecule has 1 aliphatic carbocycles. The average Bonchev–Trinajstić information content (AvgIpc) is 2.61. The molecule has 0 heterocycles. The Hall–Kier alpha value is -1.56. The predicted octanol–water partition coefficient (Wildman–Crippen LogP) is 4.78. The Morgan fingerprint density at radius 3 is 2.28 bits per heavy atom. The Labute approximate surface area is 159 Å². The van der Waals surface area contributed by atoms with E-state index in [1.54, 1.807) is 0 Å². The molecular formula is C17H15Cl3FNO3. The molecule has 0 aliphatic heterocycles. The van der Waals surface area contributed by atoms with Gasteiger partial charge in [-0.05, 0) is 37.1 Å². The van der Waals surface area contributed by atoms with Gasteiger partial charge in [0.1, 0.15) is 16.9 Å². The second-order valence-corrected chi connectivity index (χ2v) is 6.83. The summed E-state index contributed by atoms with van der Waals surface area (Å²) in [6, 6.07) is 5.39. The molecule has 1 aromatic carbocycles. The van der Waals surface area contributed by atoms with E-state index < -0.39 is 23.6 Å². The summed E-state index contributed by atoms with van der Waals surface area (Å²) in [7, 11) is 0. The molecule has 0 saturated heterocycles. The van der Waals surface area contributed by atoms with Gasteiger partial charge in [0.25, 0.3) is 0 Å². The first kappa shape index (κ1) is 19.8. The molecule has 1 aromatic rings. The summed E-state index contributed by atoms with van der Waals surface area (Å²) in [5, 5.41) is 2.69. The van der Waals surface area contributed by atoms with Crippen molar-refractivity contribution in [2.24, 2.45) is 11.8 Å². The highest BCUT2D eigenvalue weighted by atomic mass is 35.5. The Kier molecular flexibility index (Phi) is 7.29. The molecule has 0 bridgehead atoms. The van der Waals surface area contributed by atoms with Crippen molar-refractivity contribution in [3.8, 4) is 0 Å². The highest BCUT2D eigenvalue weighted by Crippen LogP contribution is 2.29. The van der Waals surface area contributed by atoms with E-state index in [9.17, 15) is 14.0 Å². The Morgan fingerprint density at radius 1 is 1.08 bits per heavy atom. The Morgan fingerprint density at radius 2 is 1.68 bits per heavy atom. The van der Waals surface area contributed by atoms with Crippen LogP contribution in [-0.2, 0) is 14.3 Å². The molecule has 1 N–H and O–H groups in total. The molecule has 2 atom stereocenters. The number of ether oxygens (including phenoxy) is 1. The van der Waals surface area contributed by atoms with Crippen LogP contribution in [0.15, 0.2) is 45.9 Å². The van der Waals surface area contributed by atoms with E-state index in [-0.39, 0.29) is 22.0 Å². The second-order valence-electron chi connectivity index (χ2n) is 5.42. The van der Waals surface area contributed by atoms with Crippen molar-refractivity contribution in [3.05, 3.63) is 51.8 Å². The first-order valence-corrected chi connectivity index (χ1v) is 8.59. The van der Waals surface area contributed by atoms with Crippen LogP contribution in [0.4, 0.5) is 10.1 Å². The molecule has 25 heavy (non-hydrogen) atoms. The van der Waals surface area contributed by atoms with Gasteiger partial charge in [-0.1, -0.05) is 47.0 Å². The molecular weight excluding hydrogens is 392 g/mol. The zero-order chi connectivity index (χ0) is 18.4. The lowest BCUT2D eigenvalue weighted by atomic mass is 9.82. The zero-order valence-corrected chi connectivity index (χ0v) is 15.2. The maximum absolute atomic E-state index is 12.9. The fourth-order valence-corrected chi connectivity index (χ4v) is 2.59. The number of anilines is 1. The third kappa shape index (κ3) is 5.73. The summed E-state index contributed by atoms with van der Waals surface area (Å²) in [4.78, 5) is 24.8. The SMILES string of the molecule is O=C(Nc1ccc(F)cc1)[C@H]1CC=CC[C@@H]1C(=O)OCC(Cl)=C(Cl)Cl. The van der Waals surface area contributed by atoms with E-state index in [4.69, 9.17) is 39.5 Å². The lowest BCUT2D eigenvalue weighted by molar-refractivity contribution is -0.151. The van der Waals surface area contributed by atoms with Gasteiger partial charge in [0.15, 0.2) is 0 Å². The second kappa shape index (κ2) is 9.22. The van der Waals surface area contributed by atoms with Gasteiger partial charge in [-0.25, -0.2) is 4.39 Å². The lowest BCUT2D eigenvalue weighted by Gasteiger charge is -2.26. The number of amides is 1. The van der Waals surface area contributed by atoms with Crippen molar-refractivity contribution in [2.45, 2.75) is 12.8 Å². The lowest BCUT2D eigenvalue weighted by Crippen LogP contribution is -2.36. The molecule has 0 saturated carbocycles. The summed E-state index contributed by atoms with van der Waals surface area (Å²) in [5.74, 6) is -2.55. The van der Waals surface area contributed by atoms with Gasteiger partial charge in [0, 0.05) is 5.69 Å². The third-order valence-corrected chi connectivity index (χ3v) is 4.68. The topological polar surface area (TPSA) is 55.4 Å². The highest BCUT2D eigenvalue weighted by Gasteiger charge is 2.35. The fourth-order valence-electron chi connectivity index (χ4n) is 2.43. The van der Waals surface area contributed by atoms with Crippen LogP contribution in [0.2, 0.25) is 0 Å². The molecule has 0 aromatic heterocycles. The summed E-state index contributed by atoms with van der Waals surface area (Å²) in [5.41, 5.74) is 0.452. The van der Waals surface area contributed by atoms with Crippen LogP contribution in [0.5, 0.6) is 0 Å². The molecule has 1 amide bonds. The van der Waals surface area contributed by atoms with E-state index in [1.165, 1.54) is 24.3 Å². The van der Waals surface area contributed by atoms with Gasteiger partial charge >= 0.3 is 5.97 Å². The summed E-state index contributed by atoms with van der Waals surface area (Å²) >= 11 is 16.7.